The van der Waals surface area contributed by atoms with Crippen molar-refractivity contribution in [2.24, 2.45) is 0 Å². The third kappa shape index (κ3) is 2.63. The minimum Gasteiger partial charge on any atom is -0.367 e. The van der Waals surface area contributed by atoms with Gasteiger partial charge in [0.25, 0.3) is 0 Å². The van der Waals surface area contributed by atoms with E-state index in [0.29, 0.717) is 11.3 Å². The Morgan fingerprint density at radius 3 is 2.71 bits per heavy atom. The number of aromatic nitrogens is 1. The Kier molecular flexibility index (Phi) is 4.09. The topological polar surface area (TPSA) is 52.0 Å². The smallest absolute Gasteiger partial charge is 0.230 e. The summed E-state index contributed by atoms with van der Waals surface area (Å²) in [4.78, 5) is 0. The summed E-state index contributed by atoms with van der Waals surface area (Å²) >= 11 is 14.2. The normalized spacial score (nSPS) is 11.0. The molecule has 108 valence electrons. The predicted octanol–water partition coefficient (Wildman–Crippen LogP) is 5.97. The van der Waals surface area contributed by atoms with Crippen LogP contribution in [0.25, 0.3) is 22.4 Å². The minimum absolute atomic E-state index is 0.0182. The number of rotatable bonds is 2. The number of hydrogen-bond acceptors (Lipinski definition) is 4. The Bertz CT molecular complexity index is 834. The van der Waals surface area contributed by atoms with Crippen molar-refractivity contribution in [3.05, 3.63) is 42.7 Å². The molecule has 0 bridgehead atoms. The van der Waals surface area contributed by atoms with Crippen molar-refractivity contribution in [1.29, 1.82) is 0 Å². The van der Waals surface area contributed by atoms with Crippen LogP contribution in [0.2, 0.25) is 5.02 Å². The van der Waals surface area contributed by atoms with Crippen LogP contribution in [-0.4, -0.2) is 5.16 Å². The minimum atomic E-state index is -0.555. The first-order chi connectivity index (χ1) is 9.99. The molecule has 1 aromatic carbocycles. The van der Waals surface area contributed by atoms with Crippen LogP contribution in [0.3, 0.4) is 0 Å². The van der Waals surface area contributed by atoms with Crippen LogP contribution in [0, 0.1) is 5.82 Å². The molecule has 3 aromatic rings. The van der Waals surface area contributed by atoms with Gasteiger partial charge in [0.05, 0.1) is 18.2 Å². The first-order valence-corrected chi connectivity index (χ1v) is 8.41. The molecule has 0 radical (unpaired) electrons. The fourth-order valence-corrected chi connectivity index (χ4v) is 4.93. The molecule has 3 rings (SSSR count). The molecule has 0 atom stereocenters. The van der Waals surface area contributed by atoms with E-state index in [1.165, 1.54) is 17.4 Å². The molecule has 0 unspecified atom stereocenters. The Labute approximate surface area is 145 Å². The fraction of sp³-hybridized carbons (Fsp3) is 0. The van der Waals surface area contributed by atoms with Gasteiger partial charge in [-0.05, 0) is 44.0 Å². The molecule has 0 saturated heterocycles. The summed E-state index contributed by atoms with van der Waals surface area (Å²) in [5, 5.41) is 3.97. The molecule has 0 aliphatic heterocycles. The van der Waals surface area contributed by atoms with Gasteiger partial charge >= 0.3 is 0 Å². The van der Waals surface area contributed by atoms with Crippen molar-refractivity contribution >= 4 is 60.7 Å². The van der Waals surface area contributed by atoms with E-state index >= 15 is 0 Å². The van der Waals surface area contributed by atoms with Crippen LogP contribution in [0.1, 0.15) is 0 Å². The van der Waals surface area contributed by atoms with Crippen molar-refractivity contribution in [2.45, 2.75) is 0 Å². The van der Waals surface area contributed by atoms with E-state index in [0.717, 1.165) is 13.1 Å². The van der Waals surface area contributed by atoms with E-state index in [1.807, 2.05) is 6.07 Å². The van der Waals surface area contributed by atoms with Crippen LogP contribution in [-0.2, 0) is 0 Å². The maximum absolute atomic E-state index is 14.3. The van der Waals surface area contributed by atoms with Crippen molar-refractivity contribution in [3.63, 3.8) is 0 Å². The lowest BCUT2D eigenvalue weighted by Crippen LogP contribution is -1.91. The number of nitrogens with two attached hydrogens (primary N) is 1. The van der Waals surface area contributed by atoms with E-state index in [9.17, 15) is 4.39 Å². The summed E-state index contributed by atoms with van der Waals surface area (Å²) in [6.07, 6.45) is 0. The van der Waals surface area contributed by atoms with E-state index in [-0.39, 0.29) is 16.5 Å². The second kappa shape index (κ2) is 5.72. The Balaban J connectivity index is 2.27. The molecule has 0 aliphatic carbocycles. The van der Waals surface area contributed by atoms with Crippen LogP contribution in [0.4, 0.5) is 10.3 Å². The highest BCUT2D eigenvalue weighted by Crippen LogP contribution is 2.44. The van der Waals surface area contributed by atoms with Gasteiger partial charge in [0.15, 0.2) is 0 Å². The monoisotopic (exact) mass is 450 g/mol. The Hall–Kier alpha value is -0.890. The highest BCUT2D eigenvalue weighted by molar-refractivity contribution is 9.12. The van der Waals surface area contributed by atoms with Gasteiger partial charge in [-0.25, -0.2) is 4.39 Å². The van der Waals surface area contributed by atoms with Gasteiger partial charge < -0.3 is 10.3 Å². The maximum Gasteiger partial charge on any atom is 0.230 e. The van der Waals surface area contributed by atoms with Gasteiger partial charge in [-0.3, -0.25) is 0 Å². The molecule has 21 heavy (non-hydrogen) atoms. The SMILES string of the molecule is Nc1onc(-c2cc(Br)sc2Br)c1-c1cccc(Cl)c1F. The molecule has 3 nitrogen and oxygen atoms in total. The highest BCUT2D eigenvalue weighted by atomic mass is 79.9. The number of nitrogen functional groups attached to an aromatic ring is 1. The molecule has 0 aliphatic rings. The number of thiophene rings is 1. The lowest BCUT2D eigenvalue weighted by molar-refractivity contribution is 0.439. The summed E-state index contributed by atoms with van der Waals surface area (Å²) in [5.41, 5.74) is 7.70. The van der Waals surface area contributed by atoms with Gasteiger partial charge in [0.1, 0.15) is 11.5 Å². The molecule has 2 aromatic heterocycles. The number of hydrogen-bond donors (Lipinski definition) is 1. The molecule has 2 heterocycles. The standard InChI is InChI=1S/C13H6Br2ClFN2OS/c14-8-4-6(12(15)21-8)11-9(13(18)20-19-11)5-2-1-3-7(16)10(5)17/h1-4H,18H2. The van der Waals surface area contributed by atoms with Crippen LogP contribution in [0.5, 0.6) is 0 Å². The van der Waals surface area contributed by atoms with E-state index in [2.05, 4.69) is 37.0 Å². The largest absolute Gasteiger partial charge is 0.367 e. The molecule has 0 fully saturated rings. The average Bonchev–Trinajstić information content (AvgIpc) is 2.96. The third-order valence-corrected chi connectivity index (χ3v) is 5.48. The molecule has 0 spiro atoms. The molecule has 8 heteroatoms. The Morgan fingerprint density at radius 2 is 2.05 bits per heavy atom. The first kappa shape index (κ1) is 15.0. The summed E-state index contributed by atoms with van der Waals surface area (Å²) in [6.45, 7) is 0. The summed E-state index contributed by atoms with van der Waals surface area (Å²) < 4.78 is 21.1. The summed E-state index contributed by atoms with van der Waals surface area (Å²) in [6, 6.07) is 6.57. The molecule has 2 N–H and O–H groups in total. The van der Waals surface area contributed by atoms with Crippen molar-refractivity contribution in [2.75, 3.05) is 5.73 Å². The number of halogens is 4. The summed E-state index contributed by atoms with van der Waals surface area (Å²) in [5.74, 6) is -0.513. The van der Waals surface area contributed by atoms with Crippen molar-refractivity contribution in [3.8, 4) is 22.4 Å². The average molecular weight is 453 g/mol. The number of benzene rings is 1. The molecule has 0 saturated carbocycles. The second-order valence-electron chi connectivity index (χ2n) is 4.11. The first-order valence-electron chi connectivity index (χ1n) is 5.63. The lowest BCUT2D eigenvalue weighted by atomic mass is 10.0. The second-order valence-corrected chi connectivity index (χ2v) is 8.27. The van der Waals surface area contributed by atoms with Gasteiger partial charge in [0, 0.05) is 11.1 Å². The zero-order chi connectivity index (χ0) is 15.1. The lowest BCUT2D eigenvalue weighted by Gasteiger charge is -2.05. The number of nitrogens with zero attached hydrogens (tertiary/aromatic N) is 1. The number of anilines is 1. The van der Waals surface area contributed by atoms with Crippen molar-refractivity contribution < 1.29 is 8.91 Å². The quantitative estimate of drug-likeness (QED) is 0.521. The Morgan fingerprint density at radius 1 is 1.29 bits per heavy atom. The van der Waals surface area contributed by atoms with E-state index < -0.39 is 5.82 Å². The highest BCUT2D eigenvalue weighted by Gasteiger charge is 2.23. The van der Waals surface area contributed by atoms with E-state index in [1.54, 1.807) is 12.1 Å². The molecular weight excluding hydrogens is 446 g/mol. The molecule has 0 amide bonds. The van der Waals surface area contributed by atoms with Gasteiger partial charge in [-0.1, -0.05) is 28.9 Å². The molecular formula is C13H6Br2ClFN2OS. The summed E-state index contributed by atoms with van der Waals surface area (Å²) in [7, 11) is 0. The zero-order valence-electron chi connectivity index (χ0n) is 10.2. The zero-order valence-corrected chi connectivity index (χ0v) is 14.9. The maximum atomic E-state index is 14.3. The van der Waals surface area contributed by atoms with Crippen LogP contribution >= 0.6 is 54.8 Å². The fourth-order valence-electron chi connectivity index (χ4n) is 1.95. The third-order valence-electron chi connectivity index (χ3n) is 2.85. The van der Waals surface area contributed by atoms with Crippen LogP contribution in [0.15, 0.2) is 36.4 Å². The predicted molar refractivity (Wildman–Crippen MR) is 90.0 cm³/mol. The van der Waals surface area contributed by atoms with Gasteiger partial charge in [0.2, 0.25) is 5.88 Å². The van der Waals surface area contributed by atoms with Gasteiger partial charge in [-0.15, -0.1) is 11.3 Å². The van der Waals surface area contributed by atoms with E-state index in [4.69, 9.17) is 21.9 Å². The van der Waals surface area contributed by atoms with Gasteiger partial charge in [-0.2, -0.15) is 0 Å². The van der Waals surface area contributed by atoms with Crippen LogP contribution < -0.4 is 5.73 Å². The van der Waals surface area contributed by atoms with Crippen molar-refractivity contribution in [1.82, 2.24) is 5.16 Å².